The molecule has 0 aromatic heterocycles. The van der Waals surface area contributed by atoms with E-state index in [0.717, 1.165) is 0 Å². The molecule has 1 fully saturated rings. The number of hydrogen-bond acceptors (Lipinski definition) is 7. The number of methoxy groups -OCH3 is 3. The van der Waals surface area contributed by atoms with Crippen LogP contribution in [0.3, 0.4) is 0 Å². The Labute approximate surface area is 123 Å². The number of aliphatic hydroxyl groups is 1. The van der Waals surface area contributed by atoms with Crippen molar-refractivity contribution < 1.29 is 27.7 Å². The summed E-state index contributed by atoms with van der Waals surface area (Å²) in [5.41, 5.74) is 0.589. The average molecular weight is 317 g/mol. The Morgan fingerprint density at radius 2 is 1.67 bits per heavy atom. The van der Waals surface area contributed by atoms with Gasteiger partial charge in [-0.15, -0.1) is 0 Å². The molecule has 1 aliphatic heterocycles. The van der Waals surface area contributed by atoms with E-state index in [1.54, 1.807) is 12.1 Å². The molecule has 2 rings (SSSR count). The molecular weight excluding hydrogens is 298 g/mol. The molecule has 7 nitrogen and oxygen atoms in total. The fourth-order valence-electron chi connectivity index (χ4n) is 2.35. The minimum Gasteiger partial charge on any atom is -0.493 e. The summed E-state index contributed by atoms with van der Waals surface area (Å²) in [4.78, 5) is 0. The van der Waals surface area contributed by atoms with Crippen molar-refractivity contribution in [1.82, 2.24) is 0 Å². The molecule has 1 saturated heterocycles. The van der Waals surface area contributed by atoms with Gasteiger partial charge in [0.2, 0.25) is 5.75 Å². The molecule has 8 heteroatoms. The zero-order chi connectivity index (χ0) is 15.6. The number of rotatable bonds is 5. The molecule has 118 valence electrons. The van der Waals surface area contributed by atoms with E-state index >= 15 is 0 Å². The number of sulfone groups is 1. The summed E-state index contributed by atoms with van der Waals surface area (Å²) in [5.74, 6) is 1.02. The van der Waals surface area contributed by atoms with E-state index in [4.69, 9.17) is 14.2 Å². The molecule has 1 aromatic rings. The molecule has 2 unspecified atom stereocenters. The predicted octanol–water partition coefficient (Wildman–Crippen LogP) is 0.282. The number of anilines is 1. The molecule has 21 heavy (non-hydrogen) atoms. The Morgan fingerprint density at radius 3 is 2.05 bits per heavy atom. The van der Waals surface area contributed by atoms with Crippen LogP contribution in [0.2, 0.25) is 0 Å². The summed E-state index contributed by atoms with van der Waals surface area (Å²) in [7, 11) is 1.28. The normalized spacial score (nSPS) is 23.6. The van der Waals surface area contributed by atoms with E-state index in [1.807, 2.05) is 0 Å². The lowest BCUT2D eigenvalue weighted by atomic mass is 10.2. The van der Waals surface area contributed by atoms with E-state index in [1.165, 1.54) is 21.3 Å². The summed E-state index contributed by atoms with van der Waals surface area (Å²) in [6.07, 6.45) is -0.936. The predicted molar refractivity (Wildman–Crippen MR) is 78.2 cm³/mol. The van der Waals surface area contributed by atoms with Gasteiger partial charge >= 0.3 is 0 Å². The van der Waals surface area contributed by atoms with Gasteiger partial charge in [0.25, 0.3) is 0 Å². The van der Waals surface area contributed by atoms with Crippen LogP contribution in [-0.2, 0) is 9.84 Å². The Balaban J connectivity index is 2.29. The first-order valence-corrected chi connectivity index (χ1v) is 8.17. The van der Waals surface area contributed by atoms with Gasteiger partial charge < -0.3 is 24.6 Å². The highest BCUT2D eigenvalue weighted by atomic mass is 32.2. The third-order valence-electron chi connectivity index (χ3n) is 3.34. The quantitative estimate of drug-likeness (QED) is 0.805. The maximum atomic E-state index is 11.5. The highest BCUT2D eigenvalue weighted by Gasteiger charge is 2.36. The Hall–Kier alpha value is -1.67. The zero-order valence-corrected chi connectivity index (χ0v) is 12.9. The summed E-state index contributed by atoms with van der Waals surface area (Å²) < 4.78 is 38.7. The van der Waals surface area contributed by atoms with E-state index in [2.05, 4.69) is 5.32 Å². The zero-order valence-electron chi connectivity index (χ0n) is 12.1. The van der Waals surface area contributed by atoms with Crippen molar-refractivity contribution in [2.24, 2.45) is 0 Å². The molecule has 1 aliphatic rings. The van der Waals surface area contributed by atoms with Crippen molar-refractivity contribution in [2.75, 3.05) is 38.2 Å². The van der Waals surface area contributed by atoms with Gasteiger partial charge in [0, 0.05) is 17.8 Å². The van der Waals surface area contributed by atoms with Crippen LogP contribution in [-0.4, -0.2) is 58.5 Å². The van der Waals surface area contributed by atoms with Crippen LogP contribution in [0.4, 0.5) is 5.69 Å². The second kappa shape index (κ2) is 5.98. The highest BCUT2D eigenvalue weighted by molar-refractivity contribution is 7.91. The third-order valence-corrected chi connectivity index (χ3v) is 5.06. The average Bonchev–Trinajstić information content (AvgIpc) is 2.70. The van der Waals surface area contributed by atoms with E-state index in [-0.39, 0.29) is 11.5 Å². The summed E-state index contributed by atoms with van der Waals surface area (Å²) in [6.45, 7) is 0. The molecule has 0 bridgehead atoms. The second-order valence-electron chi connectivity index (χ2n) is 4.81. The molecule has 0 amide bonds. The Kier molecular flexibility index (Phi) is 4.48. The number of aliphatic hydroxyl groups excluding tert-OH is 1. The first-order valence-electron chi connectivity index (χ1n) is 6.35. The minimum absolute atomic E-state index is 0.106. The third kappa shape index (κ3) is 3.33. The Bertz CT molecular complexity index is 590. The molecule has 1 heterocycles. The fraction of sp³-hybridized carbons (Fsp3) is 0.538. The van der Waals surface area contributed by atoms with Crippen LogP contribution in [0, 0.1) is 0 Å². The Morgan fingerprint density at radius 1 is 1.10 bits per heavy atom. The van der Waals surface area contributed by atoms with Crippen molar-refractivity contribution >= 4 is 15.5 Å². The maximum Gasteiger partial charge on any atom is 0.203 e. The van der Waals surface area contributed by atoms with Gasteiger partial charge in [-0.2, -0.15) is 0 Å². The van der Waals surface area contributed by atoms with Crippen LogP contribution in [0.1, 0.15) is 0 Å². The standard InChI is InChI=1S/C13H19NO6S/c1-18-11-4-8(5-12(19-2)13(11)20-3)14-9-6-21(16,17)7-10(9)15/h4-5,9-10,14-15H,6-7H2,1-3H3. The lowest BCUT2D eigenvalue weighted by molar-refractivity contribution is 0.190. The van der Waals surface area contributed by atoms with Gasteiger partial charge in [-0.3, -0.25) is 0 Å². The van der Waals surface area contributed by atoms with Crippen molar-refractivity contribution in [2.45, 2.75) is 12.1 Å². The van der Waals surface area contributed by atoms with Gasteiger partial charge in [0.05, 0.1) is 45.0 Å². The van der Waals surface area contributed by atoms with Gasteiger partial charge in [-0.1, -0.05) is 0 Å². The summed E-state index contributed by atoms with van der Waals surface area (Å²) in [6, 6.07) is 2.77. The first kappa shape index (κ1) is 15.7. The molecule has 1 aromatic carbocycles. The summed E-state index contributed by atoms with van der Waals surface area (Å²) >= 11 is 0. The van der Waals surface area contributed by atoms with Gasteiger partial charge in [0.1, 0.15) is 0 Å². The number of nitrogens with one attached hydrogen (secondary N) is 1. The van der Waals surface area contributed by atoms with Crippen molar-refractivity contribution in [3.8, 4) is 17.2 Å². The van der Waals surface area contributed by atoms with Crippen LogP contribution in [0.5, 0.6) is 17.2 Å². The second-order valence-corrected chi connectivity index (χ2v) is 6.96. The molecule has 2 atom stereocenters. The van der Waals surface area contributed by atoms with Gasteiger partial charge in [0.15, 0.2) is 21.3 Å². The van der Waals surface area contributed by atoms with Gasteiger partial charge in [-0.05, 0) is 0 Å². The smallest absolute Gasteiger partial charge is 0.203 e. The lowest BCUT2D eigenvalue weighted by Crippen LogP contribution is -2.31. The van der Waals surface area contributed by atoms with Gasteiger partial charge in [-0.25, -0.2) is 8.42 Å². The van der Waals surface area contributed by atoms with E-state index < -0.39 is 22.0 Å². The monoisotopic (exact) mass is 317 g/mol. The van der Waals surface area contributed by atoms with Crippen molar-refractivity contribution in [3.05, 3.63) is 12.1 Å². The van der Waals surface area contributed by atoms with Crippen molar-refractivity contribution in [3.63, 3.8) is 0 Å². The molecule has 2 N–H and O–H groups in total. The first-order chi connectivity index (χ1) is 9.90. The number of benzene rings is 1. The minimum atomic E-state index is -3.21. The topological polar surface area (TPSA) is 94.1 Å². The van der Waals surface area contributed by atoms with Crippen molar-refractivity contribution in [1.29, 1.82) is 0 Å². The largest absolute Gasteiger partial charge is 0.493 e. The summed E-state index contributed by atoms with van der Waals surface area (Å²) in [5, 5.41) is 12.8. The van der Waals surface area contributed by atoms with Crippen LogP contribution >= 0.6 is 0 Å². The molecular formula is C13H19NO6S. The fourth-order valence-corrected chi connectivity index (χ4v) is 4.09. The molecule has 0 spiro atoms. The number of ether oxygens (including phenoxy) is 3. The van der Waals surface area contributed by atoms with E-state index in [9.17, 15) is 13.5 Å². The highest BCUT2D eigenvalue weighted by Crippen LogP contribution is 2.40. The number of hydrogen-bond donors (Lipinski definition) is 2. The van der Waals surface area contributed by atoms with Crippen LogP contribution < -0.4 is 19.5 Å². The molecule has 0 aliphatic carbocycles. The lowest BCUT2D eigenvalue weighted by Gasteiger charge is -2.19. The van der Waals surface area contributed by atoms with Crippen LogP contribution in [0.25, 0.3) is 0 Å². The SMILES string of the molecule is COc1cc(NC2CS(=O)(=O)CC2O)cc(OC)c1OC. The maximum absolute atomic E-state index is 11.5. The van der Waals surface area contributed by atoms with E-state index in [0.29, 0.717) is 22.9 Å². The van der Waals surface area contributed by atoms with Crippen LogP contribution in [0.15, 0.2) is 12.1 Å². The molecule has 0 radical (unpaired) electrons. The molecule has 0 saturated carbocycles.